The first-order valence-electron chi connectivity index (χ1n) is 8.13. The van der Waals surface area contributed by atoms with Crippen molar-refractivity contribution in [2.45, 2.75) is 58.9 Å². The molecule has 1 rings (SSSR count). The first-order chi connectivity index (χ1) is 10.1. The summed E-state index contributed by atoms with van der Waals surface area (Å²) in [5.74, 6) is 0. The molecule has 1 aromatic rings. The smallest absolute Gasteiger partial charge is 0.292 e. The lowest BCUT2D eigenvalue weighted by Gasteiger charge is -2.56. The minimum Gasteiger partial charge on any atom is -0.292 e. The molecule has 0 atom stereocenters. The van der Waals surface area contributed by atoms with E-state index in [9.17, 15) is 0 Å². The van der Waals surface area contributed by atoms with Gasteiger partial charge in [0, 0.05) is 5.19 Å². The molecule has 0 fully saturated rings. The van der Waals surface area contributed by atoms with Gasteiger partial charge in [0.05, 0.1) is 0 Å². The van der Waals surface area contributed by atoms with Crippen LogP contribution in [0.1, 0.15) is 0 Å². The van der Waals surface area contributed by atoms with E-state index in [0.29, 0.717) is 0 Å². The highest BCUT2D eigenvalue weighted by molar-refractivity contribution is 6.96. The van der Waals surface area contributed by atoms with E-state index in [1.165, 1.54) is 0 Å². The fourth-order valence-electron chi connectivity index (χ4n) is 3.21. The second-order valence-electron chi connectivity index (χ2n) is 9.04. The molecule has 8 heteroatoms. The summed E-state index contributed by atoms with van der Waals surface area (Å²) in [5, 5.41) is 0.226. The summed E-state index contributed by atoms with van der Waals surface area (Å²) in [4.78, 5) is 0. The Morgan fingerprint density at radius 2 is 0.957 bits per heavy atom. The molecule has 2 nitrogen and oxygen atoms in total. The number of hydrazine groups is 1. The fourth-order valence-corrected chi connectivity index (χ4v) is 24.1. The average Bonchev–Trinajstić information content (AvgIpc) is 2.32. The van der Waals surface area contributed by atoms with Gasteiger partial charge in [-0.15, -0.1) is 0 Å². The first kappa shape index (κ1) is 20.9. The molecule has 0 heterocycles. The van der Waals surface area contributed by atoms with Crippen LogP contribution >= 0.6 is 0 Å². The monoisotopic (exact) mass is 390 g/mol. The fraction of sp³-hybridized carbons (Fsp3) is 0.600. The van der Waals surface area contributed by atoms with Crippen LogP contribution in [0.2, 0.25) is 58.9 Å². The Hall–Kier alpha value is -0.132. The van der Waals surface area contributed by atoms with Gasteiger partial charge in [0.2, 0.25) is 0 Å². The first-order valence-corrected chi connectivity index (χ1v) is 20.2. The maximum absolute atomic E-state index is 15.7. The molecular formula is C15H32F2N2Si4. The number of hydrogen-bond donors (Lipinski definition) is 0. The highest BCUT2D eigenvalue weighted by Crippen LogP contribution is 2.32. The van der Waals surface area contributed by atoms with Gasteiger partial charge in [0.15, 0.2) is 0 Å². The molecule has 0 aliphatic heterocycles. The highest BCUT2D eigenvalue weighted by Gasteiger charge is 2.57. The highest BCUT2D eigenvalue weighted by atomic mass is 28.5. The molecular weight excluding hydrogens is 359 g/mol. The molecule has 23 heavy (non-hydrogen) atoms. The molecule has 132 valence electrons. The summed E-state index contributed by atoms with van der Waals surface area (Å²) < 4.78 is 35.3. The van der Waals surface area contributed by atoms with Gasteiger partial charge in [0.1, 0.15) is 24.7 Å². The minimum absolute atomic E-state index is 0.226. The topological polar surface area (TPSA) is 6.48 Å². The van der Waals surface area contributed by atoms with Gasteiger partial charge >= 0.3 is 8.90 Å². The molecule has 0 saturated carbocycles. The van der Waals surface area contributed by atoms with Crippen molar-refractivity contribution < 1.29 is 8.22 Å². The Morgan fingerprint density at radius 1 is 0.609 bits per heavy atom. The van der Waals surface area contributed by atoms with Crippen molar-refractivity contribution in [2.24, 2.45) is 0 Å². The molecule has 0 spiro atoms. The van der Waals surface area contributed by atoms with Crippen LogP contribution in [0.4, 0.5) is 8.22 Å². The lowest BCUT2D eigenvalue weighted by molar-refractivity contribution is 0.296. The van der Waals surface area contributed by atoms with E-state index in [2.05, 4.69) is 43.6 Å². The van der Waals surface area contributed by atoms with Gasteiger partial charge in [-0.2, -0.15) is 0 Å². The Bertz CT molecular complexity index is 505. The van der Waals surface area contributed by atoms with Crippen molar-refractivity contribution in [3.05, 3.63) is 30.3 Å². The molecule has 0 saturated heterocycles. The SMILES string of the molecule is C[Si](C)(C)N(N([Si](C)(C)C)[Si](F)(F)c1ccccc1)[Si](C)(C)C. The number of halogens is 2. The molecule has 0 aliphatic carbocycles. The van der Waals surface area contributed by atoms with Crippen LogP contribution in [0.5, 0.6) is 0 Å². The Labute approximate surface area is 145 Å². The van der Waals surface area contributed by atoms with Crippen LogP contribution in [-0.4, -0.2) is 42.3 Å². The van der Waals surface area contributed by atoms with Crippen LogP contribution in [-0.2, 0) is 0 Å². The van der Waals surface area contributed by atoms with Crippen molar-refractivity contribution in [2.75, 3.05) is 0 Å². The predicted octanol–water partition coefficient (Wildman–Crippen LogP) is 4.80. The van der Waals surface area contributed by atoms with E-state index >= 15 is 8.22 Å². The average molecular weight is 391 g/mol. The molecule has 0 aliphatic rings. The number of nitrogens with zero attached hydrogens (tertiary/aromatic N) is 2. The van der Waals surface area contributed by atoms with E-state index in [1.807, 2.05) is 25.7 Å². The van der Waals surface area contributed by atoms with Crippen molar-refractivity contribution in [1.29, 1.82) is 0 Å². The predicted molar refractivity (Wildman–Crippen MR) is 108 cm³/mol. The molecule has 0 amide bonds. The summed E-state index contributed by atoms with van der Waals surface area (Å²) in [6.07, 6.45) is 0. The van der Waals surface area contributed by atoms with E-state index in [-0.39, 0.29) is 5.19 Å². The zero-order valence-electron chi connectivity index (χ0n) is 16.0. The zero-order chi connectivity index (χ0) is 18.3. The Morgan fingerprint density at radius 3 is 1.26 bits per heavy atom. The third-order valence-corrected chi connectivity index (χ3v) is 17.3. The number of rotatable bonds is 6. The minimum atomic E-state index is -4.74. The third kappa shape index (κ3) is 4.92. The summed E-state index contributed by atoms with van der Waals surface area (Å²) in [6, 6.07) is 8.47. The Balaban J connectivity index is 3.57. The maximum Gasteiger partial charge on any atom is 0.546 e. The van der Waals surface area contributed by atoms with Crippen molar-refractivity contribution in [3.8, 4) is 0 Å². The molecule has 0 aromatic heterocycles. The van der Waals surface area contributed by atoms with Crippen LogP contribution < -0.4 is 5.19 Å². The quantitative estimate of drug-likeness (QED) is 0.391. The lowest BCUT2D eigenvalue weighted by Crippen LogP contribution is -2.79. The summed E-state index contributed by atoms with van der Waals surface area (Å²) in [5.41, 5.74) is 0. The van der Waals surface area contributed by atoms with Crippen LogP contribution in [0, 0.1) is 0 Å². The largest absolute Gasteiger partial charge is 0.546 e. The maximum atomic E-state index is 15.7. The normalized spacial score (nSPS) is 14.7. The molecule has 0 bridgehead atoms. The second kappa shape index (κ2) is 6.64. The van der Waals surface area contributed by atoms with Gasteiger partial charge in [-0.05, 0) is 0 Å². The number of benzene rings is 1. The number of hydrogen-bond acceptors (Lipinski definition) is 2. The third-order valence-electron chi connectivity index (χ3n) is 3.49. The van der Waals surface area contributed by atoms with Crippen LogP contribution in [0.15, 0.2) is 30.3 Å². The van der Waals surface area contributed by atoms with Crippen molar-refractivity contribution in [3.63, 3.8) is 0 Å². The standard InChI is InChI=1S/C15H32F2N2Si4/c1-20(2,3)18(21(4,5)6)19(22(7,8)9)23(16,17)15-13-11-10-12-14-15/h10-14H,1-9H3. The van der Waals surface area contributed by atoms with Crippen LogP contribution in [0.3, 0.4) is 0 Å². The van der Waals surface area contributed by atoms with Crippen molar-refractivity contribution in [1.82, 2.24) is 8.68 Å². The van der Waals surface area contributed by atoms with Crippen molar-refractivity contribution >= 4 is 38.8 Å². The van der Waals surface area contributed by atoms with Gasteiger partial charge in [-0.1, -0.05) is 89.3 Å². The van der Waals surface area contributed by atoms with E-state index in [0.717, 1.165) is 0 Å². The Kier molecular flexibility index (Phi) is 6.04. The molecule has 1 aromatic carbocycles. The van der Waals surface area contributed by atoms with Crippen LogP contribution in [0.25, 0.3) is 0 Å². The molecule has 0 radical (unpaired) electrons. The molecule has 0 unspecified atom stereocenters. The van der Waals surface area contributed by atoms with Gasteiger partial charge in [-0.3, -0.25) is 4.34 Å². The summed E-state index contributed by atoms with van der Waals surface area (Å²) in [7, 11) is -10.8. The lowest BCUT2D eigenvalue weighted by atomic mass is 10.4. The van der Waals surface area contributed by atoms with Gasteiger partial charge < -0.3 is 0 Å². The van der Waals surface area contributed by atoms with Gasteiger partial charge in [0.25, 0.3) is 0 Å². The van der Waals surface area contributed by atoms with E-state index in [4.69, 9.17) is 0 Å². The van der Waals surface area contributed by atoms with E-state index < -0.39 is 33.6 Å². The van der Waals surface area contributed by atoms with E-state index in [1.54, 1.807) is 28.6 Å². The summed E-state index contributed by atoms with van der Waals surface area (Å²) in [6.45, 7) is 19.3. The van der Waals surface area contributed by atoms with Gasteiger partial charge in [-0.25, -0.2) is 12.6 Å². The summed E-state index contributed by atoms with van der Waals surface area (Å²) >= 11 is 0. The zero-order valence-corrected chi connectivity index (χ0v) is 20.0. The second-order valence-corrected chi connectivity index (χ2v) is 26.3. The molecule has 0 N–H and O–H groups in total.